The first kappa shape index (κ1) is 9.38. The summed E-state index contributed by atoms with van der Waals surface area (Å²) in [4.78, 5) is 11.0. The summed E-state index contributed by atoms with van der Waals surface area (Å²) in [5, 5.41) is 3.68. The van der Waals surface area contributed by atoms with Crippen molar-refractivity contribution in [1.29, 1.82) is 0 Å². The fourth-order valence-electron chi connectivity index (χ4n) is 2.32. The monoisotopic (exact) mass is 199 g/mol. The van der Waals surface area contributed by atoms with E-state index in [1.165, 1.54) is 32.1 Å². The third kappa shape index (κ3) is 2.39. The van der Waals surface area contributed by atoms with Crippen molar-refractivity contribution in [2.45, 2.75) is 37.4 Å². The SMILES string of the molecule is O=C1CS[C@@H](C2CCCCC2)CN1. The number of rotatable bonds is 1. The van der Waals surface area contributed by atoms with Crippen LogP contribution in [0.1, 0.15) is 32.1 Å². The summed E-state index contributed by atoms with van der Waals surface area (Å²) < 4.78 is 0. The molecule has 1 heterocycles. The predicted molar refractivity (Wildman–Crippen MR) is 55.8 cm³/mol. The second kappa shape index (κ2) is 4.36. The highest BCUT2D eigenvalue weighted by Gasteiger charge is 2.27. The standard InChI is InChI=1S/C10H17NOS/c12-10-7-13-9(6-11-10)8-4-2-1-3-5-8/h8-9H,1-7H2,(H,11,12)/t9-/m1/s1. The molecule has 2 nitrogen and oxygen atoms in total. The summed E-state index contributed by atoms with van der Waals surface area (Å²) in [6, 6.07) is 0. The topological polar surface area (TPSA) is 29.1 Å². The van der Waals surface area contributed by atoms with Crippen molar-refractivity contribution >= 4 is 17.7 Å². The highest BCUT2D eigenvalue weighted by molar-refractivity contribution is 8.00. The first-order chi connectivity index (χ1) is 6.36. The van der Waals surface area contributed by atoms with Crippen LogP contribution in [0.4, 0.5) is 0 Å². The van der Waals surface area contributed by atoms with E-state index < -0.39 is 0 Å². The molecule has 1 saturated heterocycles. The molecule has 0 aromatic carbocycles. The smallest absolute Gasteiger partial charge is 0.230 e. The van der Waals surface area contributed by atoms with E-state index in [0.29, 0.717) is 11.0 Å². The van der Waals surface area contributed by atoms with Gasteiger partial charge in [-0.1, -0.05) is 19.3 Å². The molecule has 0 aromatic rings. The summed E-state index contributed by atoms with van der Waals surface area (Å²) >= 11 is 1.87. The Kier molecular flexibility index (Phi) is 3.14. The van der Waals surface area contributed by atoms with Gasteiger partial charge >= 0.3 is 0 Å². The van der Waals surface area contributed by atoms with Gasteiger partial charge in [0.2, 0.25) is 5.91 Å². The minimum absolute atomic E-state index is 0.219. The summed E-state index contributed by atoms with van der Waals surface area (Å²) in [5.74, 6) is 1.78. The van der Waals surface area contributed by atoms with Crippen LogP contribution in [0.3, 0.4) is 0 Å². The zero-order chi connectivity index (χ0) is 9.10. The molecule has 3 heteroatoms. The molecule has 1 N–H and O–H groups in total. The lowest BCUT2D eigenvalue weighted by Gasteiger charge is -2.32. The maximum Gasteiger partial charge on any atom is 0.230 e. The molecule has 0 aromatic heterocycles. The molecular formula is C10H17NOS. The fourth-order valence-corrected chi connectivity index (χ4v) is 3.53. The molecular weight excluding hydrogens is 182 g/mol. The highest BCUT2D eigenvalue weighted by atomic mass is 32.2. The van der Waals surface area contributed by atoms with Crippen molar-refractivity contribution in [2.75, 3.05) is 12.3 Å². The summed E-state index contributed by atoms with van der Waals surface area (Å²) in [7, 11) is 0. The zero-order valence-electron chi connectivity index (χ0n) is 7.92. The van der Waals surface area contributed by atoms with E-state index in [1.807, 2.05) is 11.8 Å². The normalized spacial score (nSPS) is 31.4. The molecule has 1 aliphatic heterocycles. The molecule has 1 aliphatic carbocycles. The lowest BCUT2D eigenvalue weighted by molar-refractivity contribution is -0.118. The maximum absolute atomic E-state index is 11.0. The summed E-state index contributed by atoms with van der Waals surface area (Å²) in [6.07, 6.45) is 6.98. The molecule has 74 valence electrons. The number of nitrogens with one attached hydrogen (secondary N) is 1. The van der Waals surface area contributed by atoms with Crippen LogP contribution in [0.2, 0.25) is 0 Å². The lowest BCUT2D eigenvalue weighted by atomic mass is 9.86. The summed E-state index contributed by atoms with van der Waals surface area (Å²) in [5.41, 5.74) is 0. The van der Waals surface area contributed by atoms with Crippen molar-refractivity contribution in [3.8, 4) is 0 Å². The minimum atomic E-state index is 0.219. The maximum atomic E-state index is 11.0. The second-order valence-corrected chi connectivity index (χ2v) is 5.28. The molecule has 1 atom stereocenters. The van der Waals surface area contributed by atoms with Crippen molar-refractivity contribution in [3.63, 3.8) is 0 Å². The van der Waals surface area contributed by atoms with Crippen LogP contribution in [0, 0.1) is 5.92 Å². The van der Waals surface area contributed by atoms with E-state index >= 15 is 0 Å². The van der Waals surface area contributed by atoms with E-state index in [1.54, 1.807) is 0 Å². The van der Waals surface area contributed by atoms with Crippen molar-refractivity contribution in [3.05, 3.63) is 0 Å². The van der Waals surface area contributed by atoms with Crippen molar-refractivity contribution in [1.82, 2.24) is 5.32 Å². The van der Waals surface area contributed by atoms with Crippen LogP contribution in [-0.4, -0.2) is 23.5 Å². The largest absolute Gasteiger partial charge is 0.354 e. The Morgan fingerprint density at radius 3 is 2.62 bits per heavy atom. The fraction of sp³-hybridized carbons (Fsp3) is 0.900. The Bertz CT molecular complexity index is 179. The van der Waals surface area contributed by atoms with Crippen molar-refractivity contribution in [2.24, 2.45) is 5.92 Å². The van der Waals surface area contributed by atoms with Gasteiger partial charge in [0.15, 0.2) is 0 Å². The first-order valence-corrected chi connectivity index (χ1v) is 6.29. The van der Waals surface area contributed by atoms with E-state index in [4.69, 9.17) is 0 Å². The van der Waals surface area contributed by atoms with Crippen LogP contribution < -0.4 is 5.32 Å². The molecule has 0 unspecified atom stereocenters. The lowest BCUT2D eigenvalue weighted by Crippen LogP contribution is -2.41. The van der Waals surface area contributed by atoms with E-state index in [-0.39, 0.29) is 5.91 Å². The number of carbonyl (C=O) groups is 1. The Balaban J connectivity index is 1.82. The van der Waals surface area contributed by atoms with Gasteiger partial charge in [-0.05, 0) is 18.8 Å². The number of thioether (sulfide) groups is 1. The molecule has 0 bridgehead atoms. The van der Waals surface area contributed by atoms with E-state index in [9.17, 15) is 4.79 Å². The quantitative estimate of drug-likeness (QED) is 0.697. The minimum Gasteiger partial charge on any atom is -0.354 e. The van der Waals surface area contributed by atoms with E-state index in [2.05, 4.69) is 5.32 Å². The number of hydrogen-bond donors (Lipinski definition) is 1. The highest BCUT2D eigenvalue weighted by Crippen LogP contribution is 2.33. The van der Waals surface area contributed by atoms with Gasteiger partial charge < -0.3 is 5.32 Å². The Labute approximate surface area is 83.8 Å². The summed E-state index contributed by atoms with van der Waals surface area (Å²) in [6.45, 7) is 0.911. The van der Waals surface area contributed by atoms with Gasteiger partial charge in [0, 0.05) is 11.8 Å². The van der Waals surface area contributed by atoms with Gasteiger partial charge in [-0.25, -0.2) is 0 Å². The van der Waals surface area contributed by atoms with Crippen LogP contribution >= 0.6 is 11.8 Å². The third-order valence-corrected chi connectivity index (χ3v) is 4.51. The Morgan fingerprint density at radius 2 is 2.00 bits per heavy atom. The number of carbonyl (C=O) groups excluding carboxylic acids is 1. The van der Waals surface area contributed by atoms with Gasteiger partial charge in [-0.3, -0.25) is 4.79 Å². The van der Waals surface area contributed by atoms with Gasteiger partial charge in [-0.15, -0.1) is 11.8 Å². The van der Waals surface area contributed by atoms with Gasteiger partial charge in [0.25, 0.3) is 0 Å². The van der Waals surface area contributed by atoms with Crippen LogP contribution in [0.5, 0.6) is 0 Å². The molecule has 0 radical (unpaired) electrons. The van der Waals surface area contributed by atoms with Crippen LogP contribution in [0.25, 0.3) is 0 Å². The van der Waals surface area contributed by atoms with Crippen LogP contribution in [0.15, 0.2) is 0 Å². The molecule has 2 fully saturated rings. The molecule has 0 spiro atoms. The number of amides is 1. The third-order valence-electron chi connectivity index (χ3n) is 3.10. The van der Waals surface area contributed by atoms with Gasteiger partial charge in [0.05, 0.1) is 5.75 Å². The van der Waals surface area contributed by atoms with Gasteiger partial charge in [-0.2, -0.15) is 0 Å². The van der Waals surface area contributed by atoms with Gasteiger partial charge in [0.1, 0.15) is 0 Å². The Hall–Kier alpha value is -0.180. The molecule has 13 heavy (non-hydrogen) atoms. The average Bonchev–Trinajstić information content (AvgIpc) is 2.20. The molecule has 1 saturated carbocycles. The second-order valence-electron chi connectivity index (χ2n) is 4.05. The zero-order valence-corrected chi connectivity index (χ0v) is 8.74. The molecule has 2 aliphatic rings. The number of hydrogen-bond acceptors (Lipinski definition) is 2. The van der Waals surface area contributed by atoms with Crippen molar-refractivity contribution < 1.29 is 4.79 Å². The molecule has 1 amide bonds. The van der Waals surface area contributed by atoms with Crippen LogP contribution in [-0.2, 0) is 4.79 Å². The molecule has 2 rings (SSSR count). The predicted octanol–water partition coefficient (Wildman–Crippen LogP) is 1.80. The first-order valence-electron chi connectivity index (χ1n) is 5.24. The Morgan fingerprint density at radius 1 is 1.23 bits per heavy atom. The average molecular weight is 199 g/mol. The van der Waals surface area contributed by atoms with E-state index in [0.717, 1.165) is 12.5 Å².